The van der Waals surface area contributed by atoms with E-state index in [0.717, 1.165) is 0 Å². The maximum atomic E-state index is 12.5. The Morgan fingerprint density at radius 1 is 0.650 bits per heavy atom. The Morgan fingerprint density at radius 2 is 1.00 bits per heavy atom. The molecule has 0 aromatic heterocycles. The molecule has 0 aromatic rings. The minimum atomic E-state index is -7.30. The second-order valence-electron chi connectivity index (χ2n) is 3.20. The van der Waals surface area contributed by atoms with Gasteiger partial charge in [0, 0.05) is 0 Å². The van der Waals surface area contributed by atoms with Crippen molar-refractivity contribution in [2.45, 2.75) is 30.4 Å². The molecule has 0 aliphatic rings. The second-order valence-corrected chi connectivity index (χ2v) is 3.20. The van der Waals surface area contributed by atoms with Gasteiger partial charge in [-0.2, -0.15) is 43.9 Å². The molecule has 0 nitrogen and oxygen atoms in total. The van der Waals surface area contributed by atoms with Crippen LogP contribution in [0.4, 0.5) is 57.1 Å². The molecule has 0 heterocycles. The molecule has 0 aromatic carbocycles. The van der Waals surface area contributed by atoms with Gasteiger partial charge in [-0.3, -0.25) is 0 Å². The lowest BCUT2D eigenvalue weighted by Crippen LogP contribution is -2.58. The van der Waals surface area contributed by atoms with Crippen molar-refractivity contribution < 1.29 is 57.1 Å². The number of halogens is 13. The smallest absolute Gasteiger partial charge is 0.203 e. The van der Waals surface area contributed by atoms with Gasteiger partial charge in [-0.25, -0.2) is 13.2 Å². The molecule has 0 radical (unpaired) electrons. The molecule has 0 saturated heterocycles. The molecule has 0 aliphatic carbocycles. The molecule has 0 N–H and O–H groups in total. The van der Waals surface area contributed by atoms with E-state index < -0.39 is 42.0 Å². The Bertz CT molecular complexity index is 386. The normalized spacial score (nSPS) is 16.5. The molecule has 0 unspecified atom stereocenters. The molecule has 120 valence electrons. The van der Waals surface area contributed by atoms with E-state index in [4.69, 9.17) is 0 Å². The first-order chi connectivity index (χ1) is 8.51. The first kappa shape index (κ1) is 18.8. The fraction of sp³-hybridized carbons (Fsp3) is 0.714. The third-order valence-electron chi connectivity index (χ3n) is 1.80. The highest BCUT2D eigenvalue weighted by molar-refractivity contribution is 5.20. The Hall–Kier alpha value is -1.17. The lowest BCUT2D eigenvalue weighted by Gasteiger charge is -2.31. The van der Waals surface area contributed by atoms with Crippen molar-refractivity contribution in [1.82, 2.24) is 0 Å². The highest BCUT2D eigenvalue weighted by Crippen LogP contribution is 2.53. The summed E-state index contributed by atoms with van der Waals surface area (Å²) in [7, 11) is 0. The van der Waals surface area contributed by atoms with Crippen LogP contribution in [-0.4, -0.2) is 30.4 Å². The average molecular weight is 332 g/mol. The zero-order chi connectivity index (χ0) is 16.7. The lowest BCUT2D eigenvalue weighted by atomic mass is 10.0. The minimum absolute atomic E-state index is 4.44. The van der Waals surface area contributed by atoms with E-state index in [9.17, 15) is 57.1 Å². The van der Waals surface area contributed by atoms with E-state index in [1.165, 1.54) is 0 Å². The van der Waals surface area contributed by atoms with Crippen LogP contribution in [0.15, 0.2) is 11.7 Å². The summed E-state index contributed by atoms with van der Waals surface area (Å²) in [4.78, 5) is 0. The van der Waals surface area contributed by atoms with Gasteiger partial charge in [-0.15, -0.1) is 0 Å². The van der Waals surface area contributed by atoms with Crippen molar-refractivity contribution in [2.24, 2.45) is 0 Å². The Labute approximate surface area is 100 Å². The largest absolute Gasteiger partial charge is 0.445 e. The van der Waals surface area contributed by atoms with E-state index in [1.807, 2.05) is 0 Å². The molecular formula is C7HF13. The molecule has 0 amide bonds. The van der Waals surface area contributed by atoms with Gasteiger partial charge in [0.25, 0.3) is 0 Å². The fourth-order valence-electron chi connectivity index (χ4n) is 0.746. The predicted octanol–water partition coefficient (Wildman–Crippen LogP) is 4.87. The summed E-state index contributed by atoms with van der Waals surface area (Å²) in [6.07, 6.45) is -12.0. The molecule has 0 rings (SSSR count). The van der Waals surface area contributed by atoms with Crippen LogP contribution in [0.2, 0.25) is 0 Å². The molecular weight excluding hydrogens is 331 g/mol. The summed E-state index contributed by atoms with van der Waals surface area (Å²) in [5.74, 6) is -30.4. The summed E-state index contributed by atoms with van der Waals surface area (Å²) in [6.45, 7) is 0. The molecule has 13 heteroatoms. The molecule has 0 saturated carbocycles. The number of allylic oxidation sites excluding steroid dienone is 2. The second kappa shape index (κ2) is 4.98. The highest BCUT2D eigenvalue weighted by atomic mass is 19.4. The highest BCUT2D eigenvalue weighted by Gasteiger charge is 2.78. The van der Waals surface area contributed by atoms with Crippen LogP contribution in [0.25, 0.3) is 0 Å². The number of hydrogen-bond donors (Lipinski definition) is 0. The monoisotopic (exact) mass is 332 g/mol. The topological polar surface area (TPSA) is 0 Å². The van der Waals surface area contributed by atoms with Crippen LogP contribution in [0.3, 0.4) is 0 Å². The third kappa shape index (κ3) is 2.80. The SMILES string of the molecule is FC(=C(F)C(F)(F)C(F)(F)C(F)(F)C(F)F)C(F)(F)F. The van der Waals surface area contributed by atoms with Gasteiger partial charge in [0.2, 0.25) is 11.7 Å². The molecule has 20 heavy (non-hydrogen) atoms. The zero-order valence-electron chi connectivity index (χ0n) is 8.49. The number of rotatable bonds is 4. The summed E-state index contributed by atoms with van der Waals surface area (Å²) < 4.78 is 156. The van der Waals surface area contributed by atoms with Gasteiger partial charge in [-0.1, -0.05) is 0 Å². The van der Waals surface area contributed by atoms with E-state index in [2.05, 4.69) is 0 Å². The van der Waals surface area contributed by atoms with Crippen molar-refractivity contribution in [1.29, 1.82) is 0 Å². The third-order valence-corrected chi connectivity index (χ3v) is 1.80. The van der Waals surface area contributed by atoms with Gasteiger partial charge >= 0.3 is 30.4 Å². The molecule has 0 aliphatic heterocycles. The van der Waals surface area contributed by atoms with E-state index >= 15 is 0 Å². The minimum Gasteiger partial charge on any atom is -0.203 e. The Kier molecular flexibility index (Phi) is 4.69. The Balaban J connectivity index is 6.00. The van der Waals surface area contributed by atoms with Crippen LogP contribution in [-0.2, 0) is 0 Å². The van der Waals surface area contributed by atoms with Gasteiger partial charge in [0.15, 0.2) is 0 Å². The first-order valence-corrected chi connectivity index (χ1v) is 4.05. The fourth-order valence-corrected chi connectivity index (χ4v) is 0.746. The van der Waals surface area contributed by atoms with Gasteiger partial charge in [-0.05, 0) is 0 Å². The van der Waals surface area contributed by atoms with Gasteiger partial charge in [0.05, 0.1) is 0 Å². The Morgan fingerprint density at radius 3 is 1.25 bits per heavy atom. The first-order valence-electron chi connectivity index (χ1n) is 4.05. The summed E-state index contributed by atoms with van der Waals surface area (Å²) in [5.41, 5.74) is 0. The quantitative estimate of drug-likeness (QED) is 0.645. The van der Waals surface area contributed by atoms with Crippen molar-refractivity contribution in [3.63, 3.8) is 0 Å². The van der Waals surface area contributed by atoms with Crippen LogP contribution < -0.4 is 0 Å². The van der Waals surface area contributed by atoms with Gasteiger partial charge < -0.3 is 0 Å². The average Bonchev–Trinajstić information content (AvgIpc) is 2.24. The van der Waals surface area contributed by atoms with Crippen molar-refractivity contribution in [3.8, 4) is 0 Å². The van der Waals surface area contributed by atoms with Crippen LogP contribution in [0.5, 0.6) is 0 Å². The molecule has 0 atom stereocenters. The van der Waals surface area contributed by atoms with Crippen molar-refractivity contribution in [3.05, 3.63) is 11.7 Å². The van der Waals surface area contributed by atoms with Crippen LogP contribution in [0, 0.1) is 0 Å². The summed E-state index contributed by atoms with van der Waals surface area (Å²) in [6, 6.07) is 0. The molecule has 0 spiro atoms. The molecule has 0 fully saturated rings. The van der Waals surface area contributed by atoms with E-state index in [-0.39, 0.29) is 0 Å². The van der Waals surface area contributed by atoms with Crippen molar-refractivity contribution >= 4 is 0 Å². The maximum Gasteiger partial charge on any atom is 0.445 e. The summed E-state index contributed by atoms with van der Waals surface area (Å²) in [5, 5.41) is 0. The van der Waals surface area contributed by atoms with Crippen LogP contribution >= 0.6 is 0 Å². The van der Waals surface area contributed by atoms with Crippen LogP contribution in [0.1, 0.15) is 0 Å². The summed E-state index contributed by atoms with van der Waals surface area (Å²) >= 11 is 0. The number of alkyl halides is 11. The number of hydrogen-bond acceptors (Lipinski definition) is 0. The molecule has 0 bridgehead atoms. The lowest BCUT2D eigenvalue weighted by molar-refractivity contribution is -0.332. The van der Waals surface area contributed by atoms with Gasteiger partial charge in [0.1, 0.15) is 0 Å². The van der Waals surface area contributed by atoms with E-state index in [1.54, 1.807) is 0 Å². The van der Waals surface area contributed by atoms with Crippen molar-refractivity contribution in [2.75, 3.05) is 0 Å². The van der Waals surface area contributed by atoms with E-state index in [0.29, 0.717) is 0 Å². The maximum absolute atomic E-state index is 12.5. The zero-order valence-corrected chi connectivity index (χ0v) is 8.49. The predicted molar refractivity (Wildman–Crippen MR) is 36.1 cm³/mol. The standard InChI is InChI=1S/C7HF13/c8-1(2(9)6(16,17)18)4(12,13)7(19,20)5(14,15)3(10)11/h3H.